The Balaban J connectivity index is 1.90. The molecule has 0 radical (unpaired) electrons. The zero-order valence-corrected chi connectivity index (χ0v) is 16.8. The van der Waals surface area contributed by atoms with Crippen LogP contribution in [0, 0.1) is 0 Å². The van der Waals surface area contributed by atoms with Crippen LogP contribution < -0.4 is 9.64 Å². The number of aromatic nitrogens is 1. The average molecular weight is 427 g/mol. The highest BCUT2D eigenvalue weighted by Crippen LogP contribution is 2.42. The summed E-state index contributed by atoms with van der Waals surface area (Å²) in [7, 11) is 1.54. The van der Waals surface area contributed by atoms with Crippen LogP contribution in [0.1, 0.15) is 17.2 Å². The first-order chi connectivity index (χ1) is 14.0. The van der Waals surface area contributed by atoms with Gasteiger partial charge in [0.1, 0.15) is 11.5 Å². The summed E-state index contributed by atoms with van der Waals surface area (Å²) in [6.07, 6.45) is 1.56. The topological polar surface area (TPSA) is 79.7 Å². The molecule has 29 heavy (non-hydrogen) atoms. The molecule has 1 aliphatic heterocycles. The normalized spacial score (nSPS) is 18.3. The Hall–Kier alpha value is -3.16. The van der Waals surface area contributed by atoms with Crippen molar-refractivity contribution in [3.63, 3.8) is 0 Å². The summed E-state index contributed by atoms with van der Waals surface area (Å²) in [6.45, 7) is 0. The summed E-state index contributed by atoms with van der Waals surface area (Å²) in [5.74, 6) is -1.16. The molecule has 0 aliphatic carbocycles. The number of nitrogens with zero attached hydrogens (tertiary/aromatic N) is 2. The Labute approximate surface area is 175 Å². The first-order valence-electron chi connectivity index (χ1n) is 8.61. The summed E-state index contributed by atoms with van der Waals surface area (Å²) < 4.78 is 5.13. The Morgan fingerprint density at radius 3 is 2.41 bits per heavy atom. The standard InChI is InChI=1S/C21H15ClN2O4S/c1-28-15-8-4-13(5-9-15)18(25)16-17(12-2-6-14(22)7-3-12)24(20(27)19(16)26)21-23-10-11-29-21/h2-11,17,25H,1H3. The Bertz CT molecular complexity index is 1090. The second-order valence-corrected chi connectivity index (χ2v) is 7.57. The molecule has 2 aromatic carbocycles. The molecule has 2 heterocycles. The molecule has 1 aliphatic rings. The molecule has 1 unspecified atom stereocenters. The third-order valence-corrected chi connectivity index (χ3v) is 5.64. The van der Waals surface area contributed by atoms with Crippen molar-refractivity contribution in [2.75, 3.05) is 12.0 Å². The van der Waals surface area contributed by atoms with E-state index in [-0.39, 0.29) is 11.3 Å². The molecule has 0 spiro atoms. The van der Waals surface area contributed by atoms with E-state index >= 15 is 0 Å². The van der Waals surface area contributed by atoms with Crippen molar-refractivity contribution in [1.82, 2.24) is 4.98 Å². The van der Waals surface area contributed by atoms with Gasteiger partial charge in [0.15, 0.2) is 5.13 Å². The molecule has 3 aromatic rings. The number of ketones is 1. The second-order valence-electron chi connectivity index (χ2n) is 6.26. The molecule has 1 N–H and O–H groups in total. The van der Waals surface area contributed by atoms with Gasteiger partial charge in [0.25, 0.3) is 5.78 Å². The van der Waals surface area contributed by atoms with Crippen molar-refractivity contribution >= 4 is 45.5 Å². The predicted octanol–water partition coefficient (Wildman–Crippen LogP) is 4.43. The predicted molar refractivity (Wildman–Crippen MR) is 111 cm³/mol. The van der Waals surface area contributed by atoms with E-state index in [1.807, 2.05) is 0 Å². The number of carbonyl (C=O) groups excluding carboxylic acids is 2. The van der Waals surface area contributed by atoms with Crippen molar-refractivity contribution in [3.05, 3.63) is 81.8 Å². The number of halogens is 1. The molecule has 1 fully saturated rings. The molecule has 0 bridgehead atoms. The fourth-order valence-corrected chi connectivity index (χ4v) is 4.02. The number of rotatable bonds is 4. The van der Waals surface area contributed by atoms with Crippen molar-refractivity contribution in [3.8, 4) is 5.75 Å². The van der Waals surface area contributed by atoms with Crippen molar-refractivity contribution < 1.29 is 19.4 Å². The smallest absolute Gasteiger partial charge is 0.301 e. The van der Waals surface area contributed by atoms with Gasteiger partial charge < -0.3 is 9.84 Å². The van der Waals surface area contributed by atoms with E-state index < -0.39 is 17.7 Å². The number of hydrogen-bond donors (Lipinski definition) is 1. The van der Waals surface area contributed by atoms with Gasteiger partial charge in [-0.2, -0.15) is 0 Å². The van der Waals surface area contributed by atoms with E-state index in [4.69, 9.17) is 16.3 Å². The number of hydrogen-bond acceptors (Lipinski definition) is 6. The Morgan fingerprint density at radius 2 is 1.83 bits per heavy atom. The number of carbonyl (C=O) groups is 2. The van der Waals surface area contributed by atoms with E-state index in [0.29, 0.717) is 27.0 Å². The van der Waals surface area contributed by atoms with Gasteiger partial charge in [-0.05, 0) is 42.0 Å². The number of amides is 1. The minimum Gasteiger partial charge on any atom is -0.507 e. The molecular weight excluding hydrogens is 412 g/mol. The quantitative estimate of drug-likeness (QED) is 0.379. The van der Waals surface area contributed by atoms with Gasteiger partial charge in [-0.1, -0.05) is 23.7 Å². The summed E-state index contributed by atoms with van der Waals surface area (Å²) in [6, 6.07) is 12.6. The van der Waals surface area contributed by atoms with Crippen LogP contribution in [0.4, 0.5) is 5.13 Å². The maximum atomic E-state index is 12.9. The maximum absolute atomic E-state index is 12.9. The highest BCUT2D eigenvalue weighted by molar-refractivity contribution is 7.14. The maximum Gasteiger partial charge on any atom is 0.301 e. The summed E-state index contributed by atoms with van der Waals surface area (Å²) >= 11 is 7.24. The molecule has 1 aromatic heterocycles. The molecule has 4 rings (SSSR count). The van der Waals surface area contributed by atoms with Gasteiger partial charge in [0.05, 0.1) is 18.7 Å². The van der Waals surface area contributed by atoms with Gasteiger partial charge in [-0.15, -0.1) is 11.3 Å². The van der Waals surface area contributed by atoms with Crippen LogP contribution in [0.25, 0.3) is 5.76 Å². The summed E-state index contributed by atoms with van der Waals surface area (Å²) in [5.41, 5.74) is 1.04. The largest absolute Gasteiger partial charge is 0.507 e. The lowest BCUT2D eigenvalue weighted by atomic mass is 9.95. The van der Waals surface area contributed by atoms with Crippen LogP contribution in [0.5, 0.6) is 5.75 Å². The summed E-state index contributed by atoms with van der Waals surface area (Å²) in [4.78, 5) is 31.3. The fourth-order valence-electron chi connectivity index (χ4n) is 3.23. The van der Waals surface area contributed by atoms with Crippen LogP contribution in [-0.2, 0) is 9.59 Å². The number of thiazole rings is 1. The number of anilines is 1. The van der Waals surface area contributed by atoms with Gasteiger partial charge >= 0.3 is 5.91 Å². The van der Waals surface area contributed by atoms with Crippen LogP contribution in [0.15, 0.2) is 65.7 Å². The van der Waals surface area contributed by atoms with Crippen molar-refractivity contribution in [2.24, 2.45) is 0 Å². The number of ether oxygens (including phenoxy) is 1. The Morgan fingerprint density at radius 1 is 1.14 bits per heavy atom. The van der Waals surface area contributed by atoms with Crippen LogP contribution in [0.3, 0.4) is 0 Å². The number of aliphatic hydroxyl groups excluding tert-OH is 1. The third-order valence-electron chi connectivity index (χ3n) is 4.62. The molecule has 1 saturated heterocycles. The first kappa shape index (κ1) is 19.2. The summed E-state index contributed by atoms with van der Waals surface area (Å²) in [5, 5.41) is 13.6. The van der Waals surface area contributed by atoms with Gasteiger partial charge in [-0.3, -0.25) is 14.5 Å². The number of aliphatic hydroxyl groups is 1. The van der Waals surface area contributed by atoms with Gasteiger partial charge in [0.2, 0.25) is 0 Å². The lowest BCUT2D eigenvalue weighted by Gasteiger charge is -2.23. The lowest BCUT2D eigenvalue weighted by Crippen LogP contribution is -2.29. The molecule has 6 nitrogen and oxygen atoms in total. The molecule has 146 valence electrons. The molecule has 0 saturated carbocycles. The number of Topliss-reactive ketones (excluding diaryl/α,β-unsaturated/α-hetero) is 1. The first-order valence-corrected chi connectivity index (χ1v) is 9.87. The lowest BCUT2D eigenvalue weighted by molar-refractivity contribution is -0.132. The number of benzene rings is 2. The van der Waals surface area contributed by atoms with E-state index in [0.717, 1.165) is 0 Å². The Kier molecular flexibility index (Phi) is 5.08. The van der Waals surface area contributed by atoms with Gasteiger partial charge in [0, 0.05) is 22.2 Å². The highest BCUT2D eigenvalue weighted by atomic mass is 35.5. The minimum absolute atomic E-state index is 0.00214. The second kappa shape index (κ2) is 7.69. The molecule has 1 amide bonds. The third kappa shape index (κ3) is 3.39. The van der Waals surface area contributed by atoms with Gasteiger partial charge in [-0.25, -0.2) is 4.98 Å². The molecule has 8 heteroatoms. The van der Waals surface area contributed by atoms with E-state index in [1.54, 1.807) is 60.1 Å². The van der Waals surface area contributed by atoms with Crippen LogP contribution in [-0.4, -0.2) is 28.9 Å². The monoisotopic (exact) mass is 426 g/mol. The zero-order valence-electron chi connectivity index (χ0n) is 15.2. The van der Waals surface area contributed by atoms with E-state index in [2.05, 4.69) is 4.98 Å². The van der Waals surface area contributed by atoms with Crippen LogP contribution in [0.2, 0.25) is 5.02 Å². The van der Waals surface area contributed by atoms with Crippen molar-refractivity contribution in [1.29, 1.82) is 0 Å². The van der Waals surface area contributed by atoms with Crippen LogP contribution >= 0.6 is 22.9 Å². The average Bonchev–Trinajstić information content (AvgIpc) is 3.35. The molecular formula is C21H15ClN2O4S. The number of methoxy groups -OCH3 is 1. The fraction of sp³-hybridized carbons (Fsp3) is 0.0952. The zero-order chi connectivity index (χ0) is 20.5. The van der Waals surface area contributed by atoms with E-state index in [1.165, 1.54) is 23.3 Å². The van der Waals surface area contributed by atoms with Crippen molar-refractivity contribution in [2.45, 2.75) is 6.04 Å². The minimum atomic E-state index is -0.819. The highest BCUT2D eigenvalue weighted by Gasteiger charge is 2.47. The van der Waals surface area contributed by atoms with E-state index in [9.17, 15) is 14.7 Å². The SMILES string of the molecule is COc1ccc(C(O)=C2C(=O)C(=O)N(c3nccs3)C2c2ccc(Cl)cc2)cc1. The molecule has 1 atom stereocenters.